The molecule has 238 valence electrons. The summed E-state index contributed by atoms with van der Waals surface area (Å²) in [6.45, 7) is 0. The lowest BCUT2D eigenvalue weighted by Gasteiger charge is -2.09. The standard InChI is InChI=1S/C45H25N3O2S/c1-2-11-26(12-3-1)43-46-44(34-19-9-17-32-30-14-5-7-22-38(30)50-41(32)34)48-45(47-43)35-20-10-18-33-36-25-27(23-24-39(36)51-42(33)35)28-15-8-16-31-29-13-4-6-21-37(29)49-40(28)31/h1-25H. The first-order valence-corrected chi connectivity index (χ1v) is 17.7. The molecule has 0 saturated heterocycles. The van der Waals surface area contributed by atoms with E-state index >= 15 is 0 Å². The molecule has 4 heterocycles. The fraction of sp³-hybridized carbons (Fsp3) is 0. The highest BCUT2D eigenvalue weighted by atomic mass is 32.1. The average Bonchev–Trinajstić information content (AvgIpc) is 3.89. The lowest BCUT2D eigenvalue weighted by molar-refractivity contribution is 0.669. The second-order valence-electron chi connectivity index (χ2n) is 12.7. The first-order chi connectivity index (χ1) is 25.3. The summed E-state index contributed by atoms with van der Waals surface area (Å²) >= 11 is 1.76. The van der Waals surface area contributed by atoms with E-state index in [4.69, 9.17) is 23.8 Å². The fourth-order valence-electron chi connectivity index (χ4n) is 7.37. The van der Waals surface area contributed by atoms with Crippen molar-refractivity contribution in [1.29, 1.82) is 0 Å². The molecular weight excluding hydrogens is 647 g/mol. The van der Waals surface area contributed by atoms with Gasteiger partial charge in [0.05, 0.1) is 5.56 Å². The Bertz CT molecular complexity index is 3160. The van der Waals surface area contributed by atoms with E-state index in [9.17, 15) is 0 Å². The van der Waals surface area contributed by atoms with E-state index in [1.807, 2.05) is 72.8 Å². The molecule has 0 radical (unpaired) electrons. The molecule has 11 rings (SSSR count). The van der Waals surface area contributed by atoms with Crippen LogP contribution in [0.4, 0.5) is 0 Å². The van der Waals surface area contributed by atoms with Crippen molar-refractivity contribution < 1.29 is 8.83 Å². The third-order valence-corrected chi connectivity index (χ3v) is 11.0. The smallest absolute Gasteiger partial charge is 0.167 e. The number of nitrogens with zero attached hydrogens (tertiary/aromatic N) is 3. The Hall–Kier alpha value is -6.63. The fourth-order valence-corrected chi connectivity index (χ4v) is 8.57. The Morgan fingerprint density at radius 3 is 1.65 bits per heavy atom. The minimum Gasteiger partial charge on any atom is -0.455 e. The molecule has 7 aromatic carbocycles. The van der Waals surface area contributed by atoms with Gasteiger partial charge in [-0.3, -0.25) is 0 Å². The van der Waals surface area contributed by atoms with Crippen LogP contribution in [0.3, 0.4) is 0 Å². The van der Waals surface area contributed by atoms with Crippen LogP contribution in [0.5, 0.6) is 0 Å². The highest BCUT2D eigenvalue weighted by molar-refractivity contribution is 7.26. The molecule has 0 fully saturated rings. The minimum atomic E-state index is 0.572. The van der Waals surface area contributed by atoms with Crippen LogP contribution >= 0.6 is 11.3 Å². The largest absolute Gasteiger partial charge is 0.455 e. The zero-order valence-electron chi connectivity index (χ0n) is 27.0. The van der Waals surface area contributed by atoms with Gasteiger partial charge in [0.2, 0.25) is 0 Å². The number of para-hydroxylation sites is 4. The van der Waals surface area contributed by atoms with Crippen molar-refractivity contribution in [3.8, 4) is 45.3 Å². The number of benzene rings is 7. The number of furan rings is 2. The van der Waals surface area contributed by atoms with Crippen LogP contribution in [0.15, 0.2) is 160 Å². The van der Waals surface area contributed by atoms with E-state index in [-0.39, 0.29) is 0 Å². The number of rotatable bonds is 4. The molecule has 0 bridgehead atoms. The van der Waals surface area contributed by atoms with Crippen LogP contribution in [-0.2, 0) is 0 Å². The van der Waals surface area contributed by atoms with Crippen molar-refractivity contribution in [2.75, 3.05) is 0 Å². The topological polar surface area (TPSA) is 65.0 Å². The van der Waals surface area contributed by atoms with Crippen molar-refractivity contribution in [3.05, 3.63) is 152 Å². The molecule has 5 nitrogen and oxygen atoms in total. The van der Waals surface area contributed by atoms with Gasteiger partial charge in [-0.05, 0) is 42.0 Å². The van der Waals surface area contributed by atoms with Crippen LogP contribution in [0.25, 0.3) is 109 Å². The molecule has 0 aliphatic heterocycles. The third-order valence-electron chi connectivity index (χ3n) is 9.77. The zero-order valence-corrected chi connectivity index (χ0v) is 27.8. The molecule has 0 aliphatic rings. The maximum Gasteiger partial charge on any atom is 0.167 e. The molecule has 4 aromatic heterocycles. The van der Waals surface area contributed by atoms with E-state index in [1.165, 1.54) is 10.1 Å². The van der Waals surface area contributed by atoms with Crippen LogP contribution in [-0.4, -0.2) is 15.0 Å². The SMILES string of the molecule is c1ccc(-c2nc(-c3cccc4c3oc3ccccc34)nc(-c3cccc4c3sc3ccc(-c5cccc6c5oc5ccccc56)cc34)n2)cc1. The maximum absolute atomic E-state index is 6.43. The molecule has 0 saturated carbocycles. The van der Waals surface area contributed by atoms with Gasteiger partial charge in [-0.25, -0.2) is 15.0 Å². The van der Waals surface area contributed by atoms with E-state index in [2.05, 4.69) is 78.9 Å². The van der Waals surface area contributed by atoms with E-state index < -0.39 is 0 Å². The van der Waals surface area contributed by atoms with Crippen LogP contribution in [0.2, 0.25) is 0 Å². The Kier molecular flexibility index (Phi) is 6.05. The van der Waals surface area contributed by atoms with Crippen molar-refractivity contribution in [1.82, 2.24) is 15.0 Å². The van der Waals surface area contributed by atoms with E-state index in [0.717, 1.165) is 81.8 Å². The Labute approximate surface area is 295 Å². The molecule has 0 atom stereocenters. The Morgan fingerprint density at radius 1 is 0.373 bits per heavy atom. The molecule has 0 aliphatic carbocycles. The Balaban J connectivity index is 1.11. The minimum absolute atomic E-state index is 0.572. The molecule has 51 heavy (non-hydrogen) atoms. The van der Waals surface area contributed by atoms with Gasteiger partial charge in [0.1, 0.15) is 22.3 Å². The zero-order chi connectivity index (χ0) is 33.5. The lowest BCUT2D eigenvalue weighted by Crippen LogP contribution is -2.00. The van der Waals surface area contributed by atoms with Crippen LogP contribution in [0.1, 0.15) is 0 Å². The number of hydrogen-bond donors (Lipinski definition) is 0. The van der Waals surface area contributed by atoms with Gasteiger partial charge in [0.25, 0.3) is 0 Å². The van der Waals surface area contributed by atoms with Gasteiger partial charge in [-0.15, -0.1) is 11.3 Å². The molecule has 0 unspecified atom stereocenters. The predicted molar refractivity (Wildman–Crippen MR) is 209 cm³/mol. The van der Waals surface area contributed by atoms with Crippen molar-refractivity contribution in [3.63, 3.8) is 0 Å². The highest BCUT2D eigenvalue weighted by Gasteiger charge is 2.20. The molecule has 6 heteroatoms. The summed E-state index contributed by atoms with van der Waals surface area (Å²) in [6, 6.07) is 52.1. The first-order valence-electron chi connectivity index (χ1n) is 16.9. The van der Waals surface area contributed by atoms with Crippen molar-refractivity contribution in [2.45, 2.75) is 0 Å². The predicted octanol–water partition coefficient (Wildman–Crippen LogP) is 12.7. The molecule has 0 spiro atoms. The lowest BCUT2D eigenvalue weighted by atomic mass is 10.00. The van der Waals surface area contributed by atoms with Gasteiger partial charge in [0.15, 0.2) is 17.5 Å². The van der Waals surface area contributed by atoms with E-state index in [1.54, 1.807) is 11.3 Å². The molecule has 0 N–H and O–H groups in total. The number of fused-ring (bicyclic) bond motifs is 9. The highest BCUT2D eigenvalue weighted by Crippen LogP contribution is 2.43. The molecule has 11 aromatic rings. The van der Waals surface area contributed by atoms with Gasteiger partial charge in [-0.1, -0.05) is 115 Å². The number of thiophene rings is 1. The third kappa shape index (κ3) is 4.37. The summed E-state index contributed by atoms with van der Waals surface area (Å²) in [5, 5.41) is 6.70. The normalized spacial score (nSPS) is 11.9. The average molecular weight is 672 g/mol. The monoisotopic (exact) mass is 671 g/mol. The van der Waals surface area contributed by atoms with Gasteiger partial charge in [-0.2, -0.15) is 0 Å². The van der Waals surface area contributed by atoms with Gasteiger partial charge < -0.3 is 8.83 Å². The maximum atomic E-state index is 6.43. The summed E-state index contributed by atoms with van der Waals surface area (Å²) in [5.74, 6) is 1.81. The Morgan fingerprint density at radius 2 is 0.922 bits per heavy atom. The van der Waals surface area contributed by atoms with Gasteiger partial charge >= 0.3 is 0 Å². The number of hydrogen-bond acceptors (Lipinski definition) is 6. The summed E-state index contributed by atoms with van der Waals surface area (Å²) < 4.78 is 15.2. The second-order valence-corrected chi connectivity index (χ2v) is 13.8. The molecule has 0 amide bonds. The van der Waals surface area contributed by atoms with Crippen LogP contribution < -0.4 is 0 Å². The number of aromatic nitrogens is 3. The van der Waals surface area contributed by atoms with Crippen molar-refractivity contribution >= 4 is 75.4 Å². The summed E-state index contributed by atoms with van der Waals surface area (Å²) in [7, 11) is 0. The summed E-state index contributed by atoms with van der Waals surface area (Å²) in [4.78, 5) is 15.3. The summed E-state index contributed by atoms with van der Waals surface area (Å²) in [6.07, 6.45) is 0. The quantitative estimate of drug-likeness (QED) is 0.186. The molecular formula is C45H25N3O2S. The summed E-state index contributed by atoms with van der Waals surface area (Å²) in [5.41, 5.74) is 8.32. The van der Waals surface area contributed by atoms with E-state index in [0.29, 0.717) is 17.5 Å². The van der Waals surface area contributed by atoms with Crippen molar-refractivity contribution in [2.24, 2.45) is 0 Å². The first kappa shape index (κ1) is 28.2. The van der Waals surface area contributed by atoms with Crippen LogP contribution in [0, 0.1) is 0 Å². The van der Waals surface area contributed by atoms with Gasteiger partial charge in [0, 0.05) is 58.4 Å². The second kappa shape index (κ2) is 10.9.